The van der Waals surface area contributed by atoms with Crippen LogP contribution in [0.1, 0.15) is 47.5 Å². The first-order chi connectivity index (χ1) is 8.58. The zero-order chi connectivity index (χ0) is 14.0. The first-order valence-electron chi connectivity index (χ1n) is 7.23. The van der Waals surface area contributed by atoms with Crippen LogP contribution in [-0.4, -0.2) is 49.2 Å². The van der Waals surface area contributed by atoms with E-state index in [1.165, 1.54) is 0 Å². The number of carbonyl (C=O) groups excluding carboxylic acids is 1. The van der Waals surface area contributed by atoms with Gasteiger partial charge in [0.1, 0.15) is 6.04 Å². The Balaban J connectivity index is 4.25. The summed E-state index contributed by atoms with van der Waals surface area (Å²) in [6, 6.07) is 0.131. The Labute approximate surface area is 112 Å². The summed E-state index contributed by atoms with van der Waals surface area (Å²) in [7, 11) is 0. The highest BCUT2D eigenvalue weighted by molar-refractivity contribution is 5.75. The van der Waals surface area contributed by atoms with Crippen molar-refractivity contribution in [3.8, 4) is 0 Å². The van der Waals surface area contributed by atoms with Gasteiger partial charge in [0.2, 0.25) is 0 Å². The van der Waals surface area contributed by atoms with Gasteiger partial charge in [-0.05, 0) is 33.4 Å². The monoisotopic (exact) mass is 258 g/mol. The average Bonchev–Trinajstić information content (AvgIpc) is 2.35. The fraction of sp³-hybridized carbons (Fsp3) is 0.929. The van der Waals surface area contributed by atoms with Gasteiger partial charge in [0.15, 0.2) is 0 Å². The van der Waals surface area contributed by atoms with Crippen LogP contribution < -0.4 is 5.32 Å². The van der Waals surface area contributed by atoms with E-state index in [1.807, 2.05) is 6.92 Å². The lowest BCUT2D eigenvalue weighted by Gasteiger charge is -2.26. The van der Waals surface area contributed by atoms with Gasteiger partial charge in [-0.1, -0.05) is 27.2 Å². The molecule has 0 saturated carbocycles. The van der Waals surface area contributed by atoms with E-state index in [0.717, 1.165) is 32.5 Å². The first-order valence-corrected chi connectivity index (χ1v) is 7.23. The van der Waals surface area contributed by atoms with Crippen LogP contribution in [0, 0.1) is 0 Å². The molecule has 4 heteroatoms. The number of esters is 1. The van der Waals surface area contributed by atoms with E-state index < -0.39 is 0 Å². The molecule has 0 rings (SSSR count). The Kier molecular flexibility index (Phi) is 9.98. The van der Waals surface area contributed by atoms with Crippen LogP contribution in [0.2, 0.25) is 0 Å². The molecule has 1 N–H and O–H groups in total. The number of nitrogens with one attached hydrogen (secondary N) is 1. The molecule has 0 amide bonds. The summed E-state index contributed by atoms with van der Waals surface area (Å²) in [6.45, 7) is 13.9. The summed E-state index contributed by atoms with van der Waals surface area (Å²) < 4.78 is 5.10. The van der Waals surface area contributed by atoms with Crippen molar-refractivity contribution in [3.05, 3.63) is 0 Å². The molecule has 0 aromatic heterocycles. The van der Waals surface area contributed by atoms with Crippen molar-refractivity contribution in [2.24, 2.45) is 0 Å². The maximum absolute atomic E-state index is 11.8. The smallest absolute Gasteiger partial charge is 0.323 e. The normalized spacial score (nSPS) is 14.6. The van der Waals surface area contributed by atoms with E-state index in [4.69, 9.17) is 4.74 Å². The topological polar surface area (TPSA) is 41.6 Å². The third kappa shape index (κ3) is 6.97. The molecule has 0 fully saturated rings. The second kappa shape index (κ2) is 10.3. The molecule has 2 unspecified atom stereocenters. The maximum Gasteiger partial charge on any atom is 0.323 e. The van der Waals surface area contributed by atoms with Crippen LogP contribution in [0.3, 0.4) is 0 Å². The fourth-order valence-electron chi connectivity index (χ4n) is 2.07. The summed E-state index contributed by atoms with van der Waals surface area (Å²) in [6.07, 6.45) is 1.82. The second-order valence-electron chi connectivity index (χ2n) is 4.65. The molecule has 18 heavy (non-hydrogen) atoms. The number of nitrogens with zero attached hydrogens (tertiary/aromatic N) is 1. The van der Waals surface area contributed by atoms with Crippen molar-refractivity contribution >= 4 is 5.97 Å². The molecule has 0 aliphatic rings. The van der Waals surface area contributed by atoms with Gasteiger partial charge in [0.05, 0.1) is 6.61 Å². The van der Waals surface area contributed by atoms with Gasteiger partial charge in [-0.2, -0.15) is 0 Å². The predicted molar refractivity (Wildman–Crippen MR) is 75.7 cm³/mol. The molecule has 0 aliphatic carbocycles. The molecule has 0 aromatic rings. The SMILES string of the molecule is CCCC(NC(C)CN(CC)CC)C(=O)OCC. The maximum atomic E-state index is 11.8. The summed E-state index contributed by atoms with van der Waals surface area (Å²) in [4.78, 5) is 14.1. The minimum Gasteiger partial charge on any atom is -0.465 e. The molecule has 2 atom stereocenters. The lowest BCUT2D eigenvalue weighted by molar-refractivity contribution is -0.146. The Bertz CT molecular complexity index is 218. The highest BCUT2D eigenvalue weighted by Crippen LogP contribution is 2.02. The van der Waals surface area contributed by atoms with Gasteiger partial charge in [-0.15, -0.1) is 0 Å². The Morgan fingerprint density at radius 1 is 1.22 bits per heavy atom. The molecule has 0 radical (unpaired) electrons. The molecule has 0 bridgehead atoms. The van der Waals surface area contributed by atoms with Crippen LogP contribution in [-0.2, 0) is 9.53 Å². The number of ether oxygens (including phenoxy) is 1. The standard InChI is InChI=1S/C14H30N2O2/c1-6-10-13(14(17)18-9-4)15-12(5)11-16(7-2)8-3/h12-13,15H,6-11H2,1-5H3. The van der Waals surface area contributed by atoms with Gasteiger partial charge in [0.25, 0.3) is 0 Å². The minimum atomic E-state index is -0.166. The van der Waals surface area contributed by atoms with E-state index in [-0.39, 0.29) is 12.0 Å². The van der Waals surface area contributed by atoms with Gasteiger partial charge in [0, 0.05) is 12.6 Å². The van der Waals surface area contributed by atoms with Crippen LogP contribution in [0.15, 0.2) is 0 Å². The van der Waals surface area contributed by atoms with Crippen LogP contribution in [0.5, 0.6) is 0 Å². The van der Waals surface area contributed by atoms with Crippen molar-refractivity contribution in [2.75, 3.05) is 26.2 Å². The predicted octanol–water partition coefficient (Wildman–Crippen LogP) is 2.04. The van der Waals surface area contributed by atoms with Crippen LogP contribution >= 0.6 is 0 Å². The lowest BCUT2D eigenvalue weighted by atomic mass is 10.1. The highest BCUT2D eigenvalue weighted by atomic mass is 16.5. The number of hydrogen-bond donors (Lipinski definition) is 1. The summed E-state index contributed by atoms with van der Waals surface area (Å²) in [5.74, 6) is -0.120. The van der Waals surface area contributed by atoms with Crippen molar-refractivity contribution < 1.29 is 9.53 Å². The van der Waals surface area contributed by atoms with Crippen molar-refractivity contribution in [1.82, 2.24) is 10.2 Å². The second-order valence-corrected chi connectivity index (χ2v) is 4.65. The zero-order valence-corrected chi connectivity index (χ0v) is 12.7. The largest absolute Gasteiger partial charge is 0.465 e. The third-order valence-electron chi connectivity index (χ3n) is 3.06. The number of rotatable bonds is 10. The Morgan fingerprint density at radius 2 is 1.83 bits per heavy atom. The highest BCUT2D eigenvalue weighted by Gasteiger charge is 2.21. The molecule has 0 aromatic carbocycles. The number of likely N-dealkylation sites (N-methyl/N-ethyl adjacent to an activating group) is 1. The quantitative estimate of drug-likeness (QED) is 0.609. The first kappa shape index (κ1) is 17.4. The number of carbonyl (C=O) groups is 1. The third-order valence-corrected chi connectivity index (χ3v) is 3.06. The molecule has 108 valence electrons. The fourth-order valence-corrected chi connectivity index (χ4v) is 2.07. The van der Waals surface area contributed by atoms with E-state index in [0.29, 0.717) is 12.6 Å². The summed E-state index contributed by atoms with van der Waals surface area (Å²) >= 11 is 0. The number of hydrogen-bond acceptors (Lipinski definition) is 4. The van der Waals surface area contributed by atoms with E-state index in [1.54, 1.807) is 0 Å². The van der Waals surface area contributed by atoms with Crippen molar-refractivity contribution in [2.45, 2.75) is 59.5 Å². The van der Waals surface area contributed by atoms with Crippen LogP contribution in [0.25, 0.3) is 0 Å². The van der Waals surface area contributed by atoms with Gasteiger partial charge in [-0.3, -0.25) is 4.79 Å². The summed E-state index contributed by atoms with van der Waals surface area (Å²) in [5, 5.41) is 3.39. The Morgan fingerprint density at radius 3 is 2.28 bits per heavy atom. The average molecular weight is 258 g/mol. The molecule has 4 nitrogen and oxygen atoms in total. The van der Waals surface area contributed by atoms with Gasteiger partial charge >= 0.3 is 5.97 Å². The van der Waals surface area contributed by atoms with Crippen molar-refractivity contribution in [3.63, 3.8) is 0 Å². The summed E-state index contributed by atoms with van der Waals surface area (Å²) in [5.41, 5.74) is 0. The molecule has 0 spiro atoms. The van der Waals surface area contributed by atoms with E-state index >= 15 is 0 Å². The molecular formula is C14H30N2O2. The molecule has 0 saturated heterocycles. The Hall–Kier alpha value is -0.610. The zero-order valence-electron chi connectivity index (χ0n) is 12.7. The molecule has 0 heterocycles. The van der Waals surface area contributed by atoms with Gasteiger partial charge in [-0.25, -0.2) is 0 Å². The van der Waals surface area contributed by atoms with Gasteiger partial charge < -0.3 is 15.0 Å². The van der Waals surface area contributed by atoms with Crippen molar-refractivity contribution in [1.29, 1.82) is 0 Å². The van der Waals surface area contributed by atoms with Crippen LogP contribution in [0.4, 0.5) is 0 Å². The lowest BCUT2D eigenvalue weighted by Crippen LogP contribution is -2.47. The molecular weight excluding hydrogens is 228 g/mol. The molecule has 0 aliphatic heterocycles. The van der Waals surface area contributed by atoms with E-state index in [9.17, 15) is 4.79 Å². The van der Waals surface area contributed by atoms with E-state index in [2.05, 4.69) is 37.9 Å². The minimum absolute atomic E-state index is 0.120.